The summed E-state index contributed by atoms with van der Waals surface area (Å²) in [5.74, 6) is -0.435. The molecule has 0 bridgehead atoms. The monoisotopic (exact) mass is 286 g/mol. The normalized spacial score (nSPS) is 20.6. The van der Waals surface area contributed by atoms with Crippen LogP contribution in [0.25, 0.3) is 0 Å². The van der Waals surface area contributed by atoms with Crippen molar-refractivity contribution >= 4 is 12.0 Å². The molecular formula is C13H22N2O5. The quantitative estimate of drug-likeness (QED) is 0.784. The van der Waals surface area contributed by atoms with Crippen LogP contribution in [-0.2, 0) is 19.1 Å². The van der Waals surface area contributed by atoms with Gasteiger partial charge >= 0.3 is 12.0 Å². The number of nitrogens with zero attached hydrogens (tertiary/aromatic N) is 1. The third-order valence-corrected chi connectivity index (χ3v) is 3.64. The van der Waals surface area contributed by atoms with Crippen LogP contribution in [0.2, 0.25) is 0 Å². The van der Waals surface area contributed by atoms with E-state index in [1.54, 1.807) is 7.05 Å². The summed E-state index contributed by atoms with van der Waals surface area (Å²) < 4.78 is 10.5. The summed E-state index contributed by atoms with van der Waals surface area (Å²) in [4.78, 5) is 29.7. The average molecular weight is 286 g/mol. The summed E-state index contributed by atoms with van der Waals surface area (Å²) in [6.07, 6.45) is 4.54. The fourth-order valence-electron chi connectivity index (χ4n) is 2.41. The SMILES string of the molecule is CN(CC1OCCO1)C(=O)NOC(=O)C1CCCCC1. The van der Waals surface area contributed by atoms with Gasteiger partial charge in [-0.05, 0) is 12.8 Å². The van der Waals surface area contributed by atoms with Gasteiger partial charge in [-0.15, -0.1) is 0 Å². The molecule has 1 aliphatic carbocycles. The Morgan fingerprint density at radius 1 is 1.20 bits per heavy atom. The minimum atomic E-state index is -0.478. The van der Waals surface area contributed by atoms with E-state index < -0.39 is 12.3 Å². The van der Waals surface area contributed by atoms with Gasteiger partial charge in [0, 0.05) is 7.05 Å². The van der Waals surface area contributed by atoms with Crippen LogP contribution in [0.4, 0.5) is 4.79 Å². The minimum absolute atomic E-state index is 0.0872. The Balaban J connectivity index is 1.66. The fourth-order valence-corrected chi connectivity index (χ4v) is 2.41. The smallest absolute Gasteiger partial charge is 0.348 e. The zero-order chi connectivity index (χ0) is 14.4. The molecule has 0 unspecified atom stereocenters. The lowest BCUT2D eigenvalue weighted by atomic mass is 9.89. The molecule has 0 spiro atoms. The van der Waals surface area contributed by atoms with Gasteiger partial charge in [-0.2, -0.15) is 5.48 Å². The topological polar surface area (TPSA) is 77.1 Å². The van der Waals surface area contributed by atoms with Crippen LogP contribution in [0.3, 0.4) is 0 Å². The van der Waals surface area contributed by atoms with Crippen molar-refractivity contribution in [3.63, 3.8) is 0 Å². The third kappa shape index (κ3) is 4.35. The van der Waals surface area contributed by atoms with Crippen LogP contribution in [0.1, 0.15) is 32.1 Å². The Morgan fingerprint density at radius 2 is 1.85 bits per heavy atom. The van der Waals surface area contributed by atoms with Gasteiger partial charge in [0.1, 0.15) is 0 Å². The van der Waals surface area contributed by atoms with E-state index in [4.69, 9.17) is 14.3 Å². The lowest BCUT2D eigenvalue weighted by Crippen LogP contribution is -2.43. The maximum atomic E-state index is 11.8. The average Bonchev–Trinajstić information content (AvgIpc) is 2.98. The number of likely N-dealkylation sites (N-methyl/N-ethyl adjacent to an activating group) is 1. The van der Waals surface area contributed by atoms with Crippen molar-refractivity contribution in [1.29, 1.82) is 0 Å². The Hall–Kier alpha value is -1.34. The van der Waals surface area contributed by atoms with Gasteiger partial charge in [-0.25, -0.2) is 9.59 Å². The number of ether oxygens (including phenoxy) is 2. The molecule has 7 nitrogen and oxygen atoms in total. The Bertz CT molecular complexity index is 338. The van der Waals surface area contributed by atoms with Gasteiger partial charge in [0.25, 0.3) is 0 Å². The fraction of sp³-hybridized carbons (Fsp3) is 0.846. The van der Waals surface area contributed by atoms with Crippen molar-refractivity contribution in [1.82, 2.24) is 10.4 Å². The highest BCUT2D eigenvalue weighted by atomic mass is 16.7. The van der Waals surface area contributed by atoms with Crippen LogP contribution >= 0.6 is 0 Å². The largest absolute Gasteiger partial charge is 0.350 e. The molecule has 2 fully saturated rings. The summed E-state index contributed by atoms with van der Waals surface area (Å²) in [6, 6.07) is -0.478. The molecule has 0 atom stereocenters. The number of hydroxylamine groups is 1. The second-order valence-corrected chi connectivity index (χ2v) is 5.21. The van der Waals surface area contributed by atoms with Crippen molar-refractivity contribution in [2.45, 2.75) is 38.4 Å². The zero-order valence-corrected chi connectivity index (χ0v) is 11.8. The number of nitrogens with one attached hydrogen (secondary N) is 1. The Morgan fingerprint density at radius 3 is 2.50 bits per heavy atom. The number of urea groups is 1. The number of carbonyl (C=O) groups is 2. The Labute approximate surface area is 118 Å². The van der Waals surface area contributed by atoms with Crippen molar-refractivity contribution in [2.75, 3.05) is 26.8 Å². The summed E-state index contributed by atoms with van der Waals surface area (Å²) >= 11 is 0. The predicted molar refractivity (Wildman–Crippen MR) is 69.5 cm³/mol. The summed E-state index contributed by atoms with van der Waals surface area (Å²) in [7, 11) is 1.59. The van der Waals surface area contributed by atoms with E-state index in [1.807, 2.05) is 0 Å². The van der Waals surface area contributed by atoms with Crippen molar-refractivity contribution < 1.29 is 23.9 Å². The predicted octanol–water partition coefficient (Wildman–Crippen LogP) is 1.04. The van der Waals surface area contributed by atoms with Gasteiger partial charge in [0.05, 0.1) is 25.7 Å². The molecule has 0 aromatic rings. The molecule has 1 heterocycles. The molecule has 114 valence electrons. The lowest BCUT2D eigenvalue weighted by molar-refractivity contribution is -0.155. The van der Waals surface area contributed by atoms with E-state index in [9.17, 15) is 9.59 Å². The van der Waals surface area contributed by atoms with E-state index in [-0.39, 0.29) is 11.9 Å². The first-order valence-electron chi connectivity index (χ1n) is 7.12. The van der Waals surface area contributed by atoms with E-state index in [1.165, 1.54) is 11.3 Å². The first-order chi connectivity index (χ1) is 9.66. The van der Waals surface area contributed by atoms with Gasteiger partial charge < -0.3 is 19.2 Å². The van der Waals surface area contributed by atoms with E-state index >= 15 is 0 Å². The highest BCUT2D eigenvalue weighted by Crippen LogP contribution is 2.24. The summed E-state index contributed by atoms with van der Waals surface area (Å²) in [6.45, 7) is 1.38. The van der Waals surface area contributed by atoms with Crippen molar-refractivity contribution in [2.24, 2.45) is 5.92 Å². The highest BCUT2D eigenvalue weighted by Gasteiger charge is 2.25. The van der Waals surface area contributed by atoms with Gasteiger partial charge in [0.15, 0.2) is 6.29 Å². The number of amides is 2. The summed E-state index contributed by atoms with van der Waals surface area (Å²) in [5.41, 5.74) is 2.18. The standard InChI is InChI=1S/C13H22N2O5/c1-15(9-11-18-7-8-19-11)13(17)14-20-12(16)10-5-3-2-4-6-10/h10-11H,2-9H2,1H3,(H,14,17). The molecule has 0 aromatic carbocycles. The first kappa shape index (κ1) is 15.1. The summed E-state index contributed by atoms with van der Waals surface area (Å²) in [5, 5.41) is 0. The number of carbonyl (C=O) groups excluding carboxylic acids is 2. The molecule has 1 aliphatic heterocycles. The first-order valence-corrected chi connectivity index (χ1v) is 7.12. The number of hydrogen-bond donors (Lipinski definition) is 1. The van der Waals surface area contributed by atoms with E-state index in [0.717, 1.165) is 25.7 Å². The maximum absolute atomic E-state index is 11.8. The maximum Gasteiger partial charge on any atom is 0.350 e. The zero-order valence-electron chi connectivity index (χ0n) is 11.8. The van der Waals surface area contributed by atoms with E-state index in [0.29, 0.717) is 19.8 Å². The van der Waals surface area contributed by atoms with Gasteiger partial charge in [0.2, 0.25) is 0 Å². The number of rotatable bonds is 3. The second kappa shape index (κ2) is 7.44. The molecule has 1 saturated heterocycles. The molecule has 0 aromatic heterocycles. The van der Waals surface area contributed by atoms with Crippen LogP contribution in [-0.4, -0.2) is 50.0 Å². The molecule has 20 heavy (non-hydrogen) atoms. The molecule has 2 amide bonds. The van der Waals surface area contributed by atoms with Gasteiger partial charge in [-0.3, -0.25) is 0 Å². The third-order valence-electron chi connectivity index (χ3n) is 3.64. The minimum Gasteiger partial charge on any atom is -0.348 e. The molecule has 2 rings (SSSR count). The van der Waals surface area contributed by atoms with Gasteiger partial charge in [-0.1, -0.05) is 19.3 Å². The molecule has 7 heteroatoms. The molecule has 1 N–H and O–H groups in total. The molecule has 2 aliphatic rings. The molecular weight excluding hydrogens is 264 g/mol. The Kier molecular flexibility index (Phi) is 5.60. The van der Waals surface area contributed by atoms with Crippen LogP contribution in [0.5, 0.6) is 0 Å². The number of hydrogen-bond acceptors (Lipinski definition) is 5. The molecule has 0 radical (unpaired) electrons. The van der Waals surface area contributed by atoms with Crippen molar-refractivity contribution in [3.8, 4) is 0 Å². The van der Waals surface area contributed by atoms with Crippen LogP contribution < -0.4 is 5.48 Å². The van der Waals surface area contributed by atoms with Crippen molar-refractivity contribution in [3.05, 3.63) is 0 Å². The lowest BCUT2D eigenvalue weighted by Gasteiger charge is -2.22. The highest BCUT2D eigenvalue weighted by molar-refractivity contribution is 5.77. The van der Waals surface area contributed by atoms with Crippen LogP contribution in [0, 0.1) is 5.92 Å². The molecule has 1 saturated carbocycles. The van der Waals surface area contributed by atoms with E-state index in [2.05, 4.69) is 5.48 Å². The van der Waals surface area contributed by atoms with Crippen LogP contribution in [0.15, 0.2) is 0 Å². The second-order valence-electron chi connectivity index (χ2n) is 5.21.